The minimum absolute atomic E-state index is 0.00755. The number of anilines is 1. The SMILES string of the molecule is C=CCNC(=O)Nc1ccc(CS(=O)(=O)C(C)C)cc1. The molecule has 1 rings (SSSR count). The summed E-state index contributed by atoms with van der Waals surface area (Å²) >= 11 is 0. The quantitative estimate of drug-likeness (QED) is 0.791. The molecule has 6 heteroatoms. The monoisotopic (exact) mass is 296 g/mol. The summed E-state index contributed by atoms with van der Waals surface area (Å²) in [7, 11) is -3.11. The first kappa shape index (κ1) is 16.2. The van der Waals surface area contributed by atoms with Gasteiger partial charge in [0.15, 0.2) is 9.84 Å². The minimum Gasteiger partial charge on any atom is -0.334 e. The highest BCUT2D eigenvalue weighted by Crippen LogP contribution is 2.14. The van der Waals surface area contributed by atoms with Gasteiger partial charge in [0.25, 0.3) is 0 Å². The molecular formula is C14H20N2O3S. The second-order valence-corrected chi connectivity index (χ2v) is 7.23. The number of benzene rings is 1. The summed E-state index contributed by atoms with van der Waals surface area (Å²) in [4.78, 5) is 11.4. The Labute approximate surface area is 120 Å². The highest BCUT2D eigenvalue weighted by atomic mass is 32.2. The van der Waals surface area contributed by atoms with Crippen molar-refractivity contribution in [3.8, 4) is 0 Å². The molecule has 0 aliphatic heterocycles. The van der Waals surface area contributed by atoms with Gasteiger partial charge in [-0.25, -0.2) is 13.2 Å². The molecule has 0 bridgehead atoms. The molecule has 2 amide bonds. The topological polar surface area (TPSA) is 75.3 Å². The first-order valence-electron chi connectivity index (χ1n) is 6.31. The number of hydrogen-bond acceptors (Lipinski definition) is 3. The maximum atomic E-state index is 11.8. The Hall–Kier alpha value is -1.82. The number of carbonyl (C=O) groups excluding carboxylic acids is 1. The van der Waals surface area contributed by atoms with E-state index in [4.69, 9.17) is 0 Å². The van der Waals surface area contributed by atoms with E-state index in [1.54, 1.807) is 44.2 Å². The molecule has 110 valence electrons. The molecule has 0 radical (unpaired) electrons. The number of hydrogen-bond donors (Lipinski definition) is 2. The van der Waals surface area contributed by atoms with Crippen molar-refractivity contribution in [3.05, 3.63) is 42.5 Å². The number of sulfone groups is 1. The lowest BCUT2D eigenvalue weighted by atomic mass is 10.2. The fraction of sp³-hybridized carbons (Fsp3) is 0.357. The summed E-state index contributed by atoms with van der Waals surface area (Å²) in [5, 5.41) is 4.83. The smallest absolute Gasteiger partial charge is 0.319 e. The molecule has 20 heavy (non-hydrogen) atoms. The van der Waals surface area contributed by atoms with Crippen molar-refractivity contribution in [2.75, 3.05) is 11.9 Å². The fourth-order valence-corrected chi connectivity index (χ4v) is 2.41. The first-order chi connectivity index (χ1) is 9.35. The Balaban J connectivity index is 2.65. The molecule has 0 saturated carbocycles. The summed E-state index contributed by atoms with van der Waals surface area (Å²) < 4.78 is 23.6. The molecule has 0 unspecified atom stereocenters. The third kappa shape index (κ3) is 5.05. The van der Waals surface area contributed by atoms with Crippen LogP contribution >= 0.6 is 0 Å². The number of nitrogens with one attached hydrogen (secondary N) is 2. The van der Waals surface area contributed by atoms with Crippen LogP contribution in [0.2, 0.25) is 0 Å². The Morgan fingerprint density at radius 2 is 1.90 bits per heavy atom. The largest absolute Gasteiger partial charge is 0.334 e. The van der Waals surface area contributed by atoms with E-state index in [0.29, 0.717) is 17.8 Å². The summed E-state index contributed by atoms with van der Waals surface area (Å²) in [6.45, 7) is 7.21. The highest BCUT2D eigenvalue weighted by Gasteiger charge is 2.16. The van der Waals surface area contributed by atoms with Crippen LogP contribution < -0.4 is 10.6 Å². The van der Waals surface area contributed by atoms with Gasteiger partial charge in [0.05, 0.1) is 11.0 Å². The van der Waals surface area contributed by atoms with Crippen LogP contribution in [0.15, 0.2) is 36.9 Å². The van der Waals surface area contributed by atoms with Crippen LogP contribution in [0.1, 0.15) is 19.4 Å². The van der Waals surface area contributed by atoms with Gasteiger partial charge in [0.2, 0.25) is 0 Å². The zero-order valence-electron chi connectivity index (χ0n) is 11.7. The van der Waals surface area contributed by atoms with Gasteiger partial charge in [-0.15, -0.1) is 6.58 Å². The van der Waals surface area contributed by atoms with E-state index in [1.165, 1.54) is 0 Å². The Morgan fingerprint density at radius 1 is 1.30 bits per heavy atom. The summed E-state index contributed by atoms with van der Waals surface area (Å²) in [6.07, 6.45) is 1.58. The van der Waals surface area contributed by atoms with E-state index in [-0.39, 0.29) is 11.8 Å². The van der Waals surface area contributed by atoms with Crippen LogP contribution in [0.4, 0.5) is 10.5 Å². The molecular weight excluding hydrogens is 276 g/mol. The van der Waals surface area contributed by atoms with E-state index >= 15 is 0 Å². The summed E-state index contributed by atoms with van der Waals surface area (Å²) in [6, 6.07) is 6.43. The maximum absolute atomic E-state index is 11.8. The van der Waals surface area contributed by atoms with Crippen LogP contribution in [0, 0.1) is 0 Å². The van der Waals surface area contributed by atoms with Crippen LogP contribution in [0.5, 0.6) is 0 Å². The van der Waals surface area contributed by atoms with Crippen LogP contribution in [0.25, 0.3) is 0 Å². The average Bonchev–Trinajstić information content (AvgIpc) is 2.38. The van der Waals surface area contributed by atoms with Crippen LogP contribution in [0.3, 0.4) is 0 Å². The first-order valence-corrected chi connectivity index (χ1v) is 8.03. The Morgan fingerprint density at radius 3 is 2.40 bits per heavy atom. The van der Waals surface area contributed by atoms with Gasteiger partial charge in [0.1, 0.15) is 0 Å². The van der Waals surface area contributed by atoms with Gasteiger partial charge in [-0.2, -0.15) is 0 Å². The average molecular weight is 296 g/mol. The molecule has 0 atom stereocenters. The van der Waals surface area contributed by atoms with Crippen LogP contribution in [-0.2, 0) is 15.6 Å². The molecule has 1 aromatic rings. The summed E-state index contributed by atoms with van der Waals surface area (Å²) in [5.74, 6) is 0.00755. The van der Waals surface area contributed by atoms with Crippen LogP contribution in [-0.4, -0.2) is 26.2 Å². The van der Waals surface area contributed by atoms with Crippen molar-refractivity contribution < 1.29 is 13.2 Å². The molecule has 0 spiro atoms. The van der Waals surface area contributed by atoms with Gasteiger partial charge in [-0.05, 0) is 31.5 Å². The number of rotatable bonds is 6. The minimum atomic E-state index is -3.11. The zero-order chi connectivity index (χ0) is 15.2. The van der Waals surface area contributed by atoms with E-state index in [1.807, 2.05) is 0 Å². The summed E-state index contributed by atoms with van der Waals surface area (Å²) in [5.41, 5.74) is 1.31. The predicted octanol–water partition coefficient (Wildman–Crippen LogP) is 2.32. The number of urea groups is 1. The lowest BCUT2D eigenvalue weighted by Crippen LogP contribution is -2.28. The zero-order valence-corrected chi connectivity index (χ0v) is 12.5. The molecule has 0 aliphatic carbocycles. The molecule has 0 saturated heterocycles. The van der Waals surface area contributed by atoms with Crippen molar-refractivity contribution in [1.29, 1.82) is 0 Å². The number of carbonyl (C=O) groups is 1. The molecule has 5 nitrogen and oxygen atoms in total. The third-order valence-corrected chi connectivity index (χ3v) is 4.88. The molecule has 1 aromatic carbocycles. The van der Waals surface area contributed by atoms with Gasteiger partial charge in [0, 0.05) is 12.2 Å². The molecule has 0 fully saturated rings. The van der Waals surface area contributed by atoms with Crippen molar-refractivity contribution in [2.45, 2.75) is 24.9 Å². The standard InChI is InChI=1S/C14H20N2O3S/c1-4-9-15-14(17)16-13-7-5-12(6-8-13)10-20(18,19)11(2)3/h4-8,11H,1,9-10H2,2-3H3,(H2,15,16,17). The van der Waals surface area contributed by atoms with Crippen molar-refractivity contribution in [1.82, 2.24) is 5.32 Å². The number of amides is 2. The lowest BCUT2D eigenvalue weighted by Gasteiger charge is -2.09. The molecule has 0 aromatic heterocycles. The lowest BCUT2D eigenvalue weighted by molar-refractivity contribution is 0.253. The third-order valence-electron chi connectivity index (χ3n) is 2.70. The van der Waals surface area contributed by atoms with Crippen molar-refractivity contribution in [2.24, 2.45) is 0 Å². The Kier molecular flexibility index (Phi) is 5.76. The highest BCUT2D eigenvalue weighted by molar-refractivity contribution is 7.91. The second kappa shape index (κ2) is 7.09. The molecule has 2 N–H and O–H groups in total. The maximum Gasteiger partial charge on any atom is 0.319 e. The van der Waals surface area contributed by atoms with Gasteiger partial charge < -0.3 is 10.6 Å². The second-order valence-electron chi connectivity index (χ2n) is 4.68. The van der Waals surface area contributed by atoms with E-state index in [9.17, 15) is 13.2 Å². The van der Waals surface area contributed by atoms with E-state index < -0.39 is 15.1 Å². The van der Waals surface area contributed by atoms with E-state index in [0.717, 1.165) is 0 Å². The van der Waals surface area contributed by atoms with Crippen molar-refractivity contribution in [3.63, 3.8) is 0 Å². The fourth-order valence-electron chi connectivity index (χ4n) is 1.42. The van der Waals surface area contributed by atoms with Gasteiger partial charge in [-0.3, -0.25) is 0 Å². The predicted molar refractivity (Wildman–Crippen MR) is 81.4 cm³/mol. The molecule has 0 heterocycles. The van der Waals surface area contributed by atoms with Gasteiger partial charge >= 0.3 is 6.03 Å². The van der Waals surface area contributed by atoms with E-state index in [2.05, 4.69) is 17.2 Å². The molecule has 0 aliphatic rings. The van der Waals surface area contributed by atoms with Crippen molar-refractivity contribution >= 4 is 21.6 Å². The van der Waals surface area contributed by atoms with Gasteiger partial charge in [-0.1, -0.05) is 18.2 Å². The Bertz CT molecular complexity index is 563. The normalized spacial score (nSPS) is 11.2.